The molecule has 1 heterocycles. The molecule has 8 heteroatoms. The lowest BCUT2D eigenvalue weighted by Crippen LogP contribution is -2.16. The van der Waals surface area contributed by atoms with E-state index in [1.54, 1.807) is 0 Å². The van der Waals surface area contributed by atoms with E-state index in [0.717, 1.165) is 18.2 Å². The number of carboxylic acid groups (broad SMARTS) is 1. The SMILES string of the molecule is O=C(O)c1cc(-c2cc(F)c(Cl)cc2Cl)nc(=O)[nH]1. The quantitative estimate of drug-likeness (QED) is 0.835. The van der Waals surface area contributed by atoms with Gasteiger partial charge in [-0.3, -0.25) is 4.98 Å². The zero-order chi connectivity index (χ0) is 14.2. The van der Waals surface area contributed by atoms with Gasteiger partial charge < -0.3 is 5.11 Å². The fourth-order valence-corrected chi connectivity index (χ4v) is 1.91. The van der Waals surface area contributed by atoms with Gasteiger partial charge in [0.25, 0.3) is 0 Å². The monoisotopic (exact) mass is 302 g/mol. The van der Waals surface area contributed by atoms with Crippen molar-refractivity contribution in [1.82, 2.24) is 9.97 Å². The second kappa shape index (κ2) is 4.99. The Kier molecular flexibility index (Phi) is 3.55. The maximum Gasteiger partial charge on any atom is 0.352 e. The minimum absolute atomic E-state index is 0.0540. The predicted molar refractivity (Wildman–Crippen MR) is 67.2 cm³/mol. The molecule has 0 bridgehead atoms. The molecule has 0 atom stereocenters. The number of benzene rings is 1. The number of aromatic nitrogens is 2. The standard InChI is InChI=1S/C11H5Cl2FN2O3/c12-5-2-6(13)7(14)1-4(5)8-3-9(10(17)18)16-11(19)15-8/h1-3H,(H,17,18)(H,15,16,19). The third-order valence-corrected chi connectivity index (χ3v) is 2.86. The zero-order valence-corrected chi connectivity index (χ0v) is 10.6. The Morgan fingerprint density at radius 3 is 2.58 bits per heavy atom. The van der Waals surface area contributed by atoms with Crippen molar-refractivity contribution >= 4 is 29.2 Å². The summed E-state index contributed by atoms with van der Waals surface area (Å²) >= 11 is 11.4. The molecule has 2 rings (SSSR count). The van der Waals surface area contributed by atoms with Crippen LogP contribution in [0.25, 0.3) is 11.3 Å². The van der Waals surface area contributed by atoms with Crippen LogP contribution in [0.1, 0.15) is 10.5 Å². The summed E-state index contributed by atoms with van der Waals surface area (Å²) in [7, 11) is 0. The molecule has 2 aromatic rings. The lowest BCUT2D eigenvalue weighted by Gasteiger charge is -2.05. The first kappa shape index (κ1) is 13.5. The summed E-state index contributed by atoms with van der Waals surface area (Å²) in [6, 6.07) is 3.22. The van der Waals surface area contributed by atoms with Crippen LogP contribution in [0.15, 0.2) is 23.0 Å². The van der Waals surface area contributed by atoms with Gasteiger partial charge in [0, 0.05) is 5.56 Å². The summed E-state index contributed by atoms with van der Waals surface area (Å²) in [5, 5.41) is 8.70. The Hall–Kier alpha value is -1.92. The van der Waals surface area contributed by atoms with Gasteiger partial charge in [0.1, 0.15) is 11.5 Å². The molecule has 0 radical (unpaired) electrons. The largest absolute Gasteiger partial charge is 0.477 e. The molecular weight excluding hydrogens is 298 g/mol. The number of rotatable bonds is 2. The number of halogens is 3. The molecule has 0 fully saturated rings. The molecule has 1 aromatic carbocycles. The highest BCUT2D eigenvalue weighted by atomic mass is 35.5. The van der Waals surface area contributed by atoms with Crippen molar-refractivity contribution in [3.8, 4) is 11.3 Å². The van der Waals surface area contributed by atoms with Crippen molar-refractivity contribution in [2.45, 2.75) is 0 Å². The lowest BCUT2D eigenvalue weighted by molar-refractivity contribution is 0.0690. The molecule has 1 aromatic heterocycles. The number of aromatic amines is 1. The number of nitrogens with zero attached hydrogens (tertiary/aromatic N) is 1. The van der Waals surface area contributed by atoms with E-state index in [-0.39, 0.29) is 27.0 Å². The van der Waals surface area contributed by atoms with E-state index in [1.807, 2.05) is 4.98 Å². The molecule has 0 saturated carbocycles. The van der Waals surface area contributed by atoms with Crippen LogP contribution in [0, 0.1) is 5.82 Å². The van der Waals surface area contributed by atoms with Gasteiger partial charge in [0.15, 0.2) is 0 Å². The normalized spacial score (nSPS) is 10.5. The second-order valence-electron chi connectivity index (χ2n) is 3.54. The van der Waals surface area contributed by atoms with Gasteiger partial charge in [0.2, 0.25) is 0 Å². The van der Waals surface area contributed by atoms with Gasteiger partial charge >= 0.3 is 11.7 Å². The molecule has 0 amide bonds. The first-order valence-corrected chi connectivity index (χ1v) is 5.63. The second-order valence-corrected chi connectivity index (χ2v) is 4.35. The number of nitrogens with one attached hydrogen (secondary N) is 1. The minimum atomic E-state index is -1.34. The zero-order valence-electron chi connectivity index (χ0n) is 9.08. The molecule has 0 aliphatic rings. The lowest BCUT2D eigenvalue weighted by atomic mass is 10.1. The summed E-state index contributed by atoms with van der Waals surface area (Å²) in [6.07, 6.45) is 0. The van der Waals surface area contributed by atoms with Gasteiger partial charge in [-0.25, -0.2) is 14.0 Å². The van der Waals surface area contributed by atoms with Crippen LogP contribution in [0.2, 0.25) is 10.0 Å². The molecule has 19 heavy (non-hydrogen) atoms. The summed E-state index contributed by atoms with van der Waals surface area (Å²) in [5.41, 5.74) is -1.22. The molecule has 0 aliphatic carbocycles. The van der Waals surface area contributed by atoms with Crippen LogP contribution in [0.5, 0.6) is 0 Å². The highest BCUT2D eigenvalue weighted by Gasteiger charge is 2.14. The smallest absolute Gasteiger partial charge is 0.352 e. The average molecular weight is 303 g/mol. The summed E-state index contributed by atoms with van der Waals surface area (Å²) in [4.78, 5) is 27.7. The number of hydrogen-bond donors (Lipinski definition) is 2. The Balaban J connectivity index is 2.68. The van der Waals surface area contributed by atoms with E-state index in [9.17, 15) is 14.0 Å². The molecule has 98 valence electrons. The number of H-pyrrole nitrogens is 1. The molecule has 2 N–H and O–H groups in total. The Bertz CT molecular complexity index is 730. The first-order chi connectivity index (χ1) is 8.88. The highest BCUT2D eigenvalue weighted by Crippen LogP contribution is 2.30. The number of carboxylic acids is 1. The maximum absolute atomic E-state index is 13.4. The molecule has 0 spiro atoms. The Morgan fingerprint density at radius 1 is 1.26 bits per heavy atom. The van der Waals surface area contributed by atoms with E-state index < -0.39 is 17.5 Å². The third kappa shape index (κ3) is 2.74. The average Bonchev–Trinajstić information content (AvgIpc) is 2.33. The van der Waals surface area contributed by atoms with E-state index in [2.05, 4.69) is 4.98 Å². The molecule has 0 saturated heterocycles. The fraction of sp³-hybridized carbons (Fsp3) is 0. The van der Waals surface area contributed by atoms with E-state index in [0.29, 0.717) is 0 Å². The predicted octanol–water partition coefficient (Wildman–Crippen LogP) is 2.58. The van der Waals surface area contributed by atoms with Crippen molar-refractivity contribution in [2.75, 3.05) is 0 Å². The topological polar surface area (TPSA) is 83.0 Å². The van der Waals surface area contributed by atoms with Crippen molar-refractivity contribution in [1.29, 1.82) is 0 Å². The van der Waals surface area contributed by atoms with E-state index in [1.165, 1.54) is 0 Å². The van der Waals surface area contributed by atoms with Crippen LogP contribution in [-0.2, 0) is 0 Å². The van der Waals surface area contributed by atoms with Crippen LogP contribution in [0.3, 0.4) is 0 Å². The minimum Gasteiger partial charge on any atom is -0.477 e. The molecule has 5 nitrogen and oxygen atoms in total. The van der Waals surface area contributed by atoms with E-state index in [4.69, 9.17) is 28.3 Å². The van der Waals surface area contributed by atoms with Gasteiger partial charge in [-0.15, -0.1) is 0 Å². The van der Waals surface area contributed by atoms with Crippen molar-refractivity contribution in [3.05, 3.63) is 50.2 Å². The van der Waals surface area contributed by atoms with Crippen molar-refractivity contribution in [3.63, 3.8) is 0 Å². The molecule has 0 aliphatic heterocycles. The van der Waals surface area contributed by atoms with Crippen molar-refractivity contribution in [2.24, 2.45) is 0 Å². The maximum atomic E-state index is 13.4. The fourth-order valence-electron chi connectivity index (χ4n) is 1.43. The number of aromatic carboxylic acids is 1. The van der Waals surface area contributed by atoms with E-state index >= 15 is 0 Å². The number of carbonyl (C=O) groups is 1. The summed E-state index contributed by atoms with van der Waals surface area (Å²) < 4.78 is 13.4. The van der Waals surface area contributed by atoms with Crippen molar-refractivity contribution < 1.29 is 14.3 Å². The number of hydrogen-bond acceptors (Lipinski definition) is 3. The van der Waals surface area contributed by atoms with Crippen LogP contribution in [0.4, 0.5) is 4.39 Å². The highest BCUT2D eigenvalue weighted by molar-refractivity contribution is 6.36. The Labute approximate surface area is 115 Å². The van der Waals surface area contributed by atoms with Crippen LogP contribution in [-0.4, -0.2) is 21.0 Å². The van der Waals surface area contributed by atoms with Crippen LogP contribution < -0.4 is 5.69 Å². The molecular formula is C11H5Cl2FN2O3. The summed E-state index contributed by atoms with van der Waals surface area (Å²) in [6.45, 7) is 0. The Morgan fingerprint density at radius 2 is 1.95 bits per heavy atom. The third-order valence-electron chi connectivity index (χ3n) is 2.26. The van der Waals surface area contributed by atoms with Crippen LogP contribution >= 0.6 is 23.2 Å². The van der Waals surface area contributed by atoms with Gasteiger partial charge in [-0.05, 0) is 18.2 Å². The van der Waals surface area contributed by atoms with Gasteiger partial charge in [0.05, 0.1) is 15.7 Å². The first-order valence-electron chi connectivity index (χ1n) is 4.88. The molecule has 0 unspecified atom stereocenters. The van der Waals surface area contributed by atoms with Gasteiger partial charge in [-0.2, -0.15) is 4.98 Å². The summed E-state index contributed by atoms with van der Waals surface area (Å²) in [5.74, 6) is -2.09. The van der Waals surface area contributed by atoms with Gasteiger partial charge in [-0.1, -0.05) is 23.2 Å².